The number of carbonyl (C=O) groups is 1. The highest BCUT2D eigenvalue weighted by Gasteiger charge is 2.18. The molecule has 0 atom stereocenters. The Morgan fingerprint density at radius 3 is 2.67 bits per heavy atom. The van der Waals surface area contributed by atoms with Crippen LogP contribution in [0.25, 0.3) is 0 Å². The lowest BCUT2D eigenvalue weighted by Crippen LogP contribution is -2.28. The summed E-state index contributed by atoms with van der Waals surface area (Å²) >= 11 is 0. The van der Waals surface area contributed by atoms with Crippen LogP contribution in [-0.4, -0.2) is 50.2 Å². The van der Waals surface area contributed by atoms with Crippen LogP contribution in [0, 0.1) is 0 Å². The molecule has 0 aromatic rings. The number of hydrogen-bond acceptors (Lipinski definition) is 4. The Balaban J connectivity index is 2.29. The molecule has 0 aliphatic carbocycles. The molecule has 0 aromatic carbocycles. The minimum Gasteiger partial charge on any atom is -0.302 e. The van der Waals surface area contributed by atoms with Crippen molar-refractivity contribution in [3.63, 3.8) is 0 Å². The minimum atomic E-state index is -2.80. The number of Topliss-reactive ketones (excluding diaryl/α,β-unsaturated/α-hetero) is 1. The van der Waals surface area contributed by atoms with Gasteiger partial charge in [-0.2, -0.15) is 0 Å². The maximum Gasteiger partial charge on any atom is 0.151 e. The third-order valence-corrected chi connectivity index (χ3v) is 4.37. The van der Waals surface area contributed by atoms with Gasteiger partial charge in [-0.25, -0.2) is 8.42 Å². The fraction of sp³-hybridized carbons (Fsp3) is 0.900. The van der Waals surface area contributed by atoms with E-state index in [9.17, 15) is 13.2 Å². The monoisotopic (exact) mass is 233 g/mol. The maximum atomic E-state index is 11.3. The van der Waals surface area contributed by atoms with Crippen molar-refractivity contribution in [1.29, 1.82) is 0 Å². The van der Waals surface area contributed by atoms with E-state index >= 15 is 0 Å². The lowest BCUT2D eigenvalue weighted by molar-refractivity contribution is -0.117. The van der Waals surface area contributed by atoms with E-state index in [1.54, 1.807) is 6.92 Å². The first kappa shape index (κ1) is 12.6. The highest BCUT2D eigenvalue weighted by atomic mass is 32.2. The van der Waals surface area contributed by atoms with Gasteiger partial charge in [0.2, 0.25) is 0 Å². The number of hydrogen-bond donors (Lipinski definition) is 0. The van der Waals surface area contributed by atoms with Crippen molar-refractivity contribution in [3.05, 3.63) is 0 Å². The summed E-state index contributed by atoms with van der Waals surface area (Å²) in [6.07, 6.45) is 2.17. The van der Waals surface area contributed by atoms with Crippen LogP contribution >= 0.6 is 0 Å². The predicted molar refractivity (Wildman–Crippen MR) is 59.6 cm³/mol. The molecule has 0 radical (unpaired) electrons. The van der Waals surface area contributed by atoms with Gasteiger partial charge in [-0.3, -0.25) is 0 Å². The molecule has 15 heavy (non-hydrogen) atoms. The molecule has 0 aromatic heterocycles. The van der Waals surface area contributed by atoms with Crippen LogP contribution in [0.5, 0.6) is 0 Å². The molecule has 0 unspecified atom stereocenters. The third-order valence-electron chi connectivity index (χ3n) is 2.65. The Morgan fingerprint density at radius 1 is 1.27 bits per heavy atom. The van der Waals surface area contributed by atoms with E-state index < -0.39 is 9.84 Å². The van der Waals surface area contributed by atoms with Gasteiger partial charge >= 0.3 is 0 Å². The van der Waals surface area contributed by atoms with Gasteiger partial charge in [0.05, 0.1) is 11.5 Å². The van der Waals surface area contributed by atoms with E-state index in [-0.39, 0.29) is 11.5 Å². The normalized spacial score (nSPS) is 22.2. The third kappa shape index (κ3) is 5.28. The number of rotatable bonds is 4. The number of ketones is 1. The maximum absolute atomic E-state index is 11.3. The van der Waals surface area contributed by atoms with Gasteiger partial charge in [-0.15, -0.1) is 0 Å². The van der Waals surface area contributed by atoms with Crippen LogP contribution in [0.4, 0.5) is 0 Å². The van der Waals surface area contributed by atoms with E-state index in [4.69, 9.17) is 0 Å². The van der Waals surface area contributed by atoms with Crippen LogP contribution in [0.3, 0.4) is 0 Å². The first-order valence-corrected chi connectivity index (χ1v) is 7.24. The summed E-state index contributed by atoms with van der Waals surface area (Å²) in [5, 5.41) is 0. The quantitative estimate of drug-likeness (QED) is 0.708. The first-order chi connectivity index (χ1) is 6.99. The van der Waals surface area contributed by atoms with Crippen molar-refractivity contribution < 1.29 is 13.2 Å². The Morgan fingerprint density at radius 2 is 2.00 bits per heavy atom. The van der Waals surface area contributed by atoms with Gasteiger partial charge in [0.1, 0.15) is 5.78 Å². The number of sulfone groups is 1. The summed E-state index contributed by atoms with van der Waals surface area (Å²) in [5.41, 5.74) is 0. The summed E-state index contributed by atoms with van der Waals surface area (Å²) in [7, 11) is -2.80. The molecule has 5 heteroatoms. The van der Waals surface area contributed by atoms with Gasteiger partial charge in [0.25, 0.3) is 0 Å². The van der Waals surface area contributed by atoms with Crippen molar-refractivity contribution in [3.8, 4) is 0 Å². The van der Waals surface area contributed by atoms with Crippen LogP contribution in [-0.2, 0) is 14.6 Å². The average Bonchev–Trinajstić information content (AvgIpc) is 2.27. The molecular weight excluding hydrogens is 214 g/mol. The van der Waals surface area contributed by atoms with Gasteiger partial charge in [-0.1, -0.05) is 0 Å². The van der Waals surface area contributed by atoms with Crippen LogP contribution in [0.1, 0.15) is 26.2 Å². The second kappa shape index (κ2) is 5.61. The lowest BCUT2D eigenvalue weighted by Gasteiger charge is -2.18. The van der Waals surface area contributed by atoms with E-state index in [2.05, 4.69) is 4.90 Å². The molecular formula is C10H19NO3S. The highest BCUT2D eigenvalue weighted by Crippen LogP contribution is 2.06. The summed E-state index contributed by atoms with van der Waals surface area (Å²) < 4.78 is 22.6. The molecule has 0 amide bonds. The number of nitrogens with zero attached hydrogens (tertiary/aromatic N) is 1. The van der Waals surface area contributed by atoms with Gasteiger partial charge < -0.3 is 9.69 Å². The van der Waals surface area contributed by atoms with Crippen molar-refractivity contribution in [2.45, 2.75) is 26.2 Å². The second-order valence-electron chi connectivity index (χ2n) is 4.15. The fourth-order valence-corrected chi connectivity index (χ4v) is 3.07. The SMILES string of the molecule is CC(=O)CCCN1CCCS(=O)(=O)CC1. The molecule has 0 spiro atoms. The minimum absolute atomic E-state index is 0.206. The summed E-state index contributed by atoms with van der Waals surface area (Å²) in [6.45, 7) is 3.90. The molecule has 1 heterocycles. The second-order valence-corrected chi connectivity index (χ2v) is 6.46. The Labute approximate surface area is 91.6 Å². The molecule has 88 valence electrons. The van der Waals surface area contributed by atoms with E-state index in [0.717, 1.165) is 25.9 Å². The molecule has 1 rings (SSSR count). The van der Waals surface area contributed by atoms with E-state index in [1.165, 1.54) is 0 Å². The standard InChI is InChI=1S/C10H19NO3S/c1-10(12)4-2-5-11-6-3-8-15(13,14)9-7-11/h2-9H2,1H3. The van der Waals surface area contributed by atoms with Crippen molar-refractivity contribution >= 4 is 15.6 Å². The molecule has 1 saturated heterocycles. The smallest absolute Gasteiger partial charge is 0.151 e. The molecule has 0 saturated carbocycles. The van der Waals surface area contributed by atoms with Gasteiger partial charge in [0.15, 0.2) is 9.84 Å². The molecule has 1 aliphatic heterocycles. The average molecular weight is 233 g/mol. The largest absolute Gasteiger partial charge is 0.302 e. The molecule has 1 aliphatic rings. The molecule has 1 fully saturated rings. The predicted octanol–water partition coefficient (Wildman–Crippen LogP) is 0.476. The molecule has 4 nitrogen and oxygen atoms in total. The van der Waals surface area contributed by atoms with Crippen molar-refractivity contribution in [2.24, 2.45) is 0 Å². The zero-order valence-corrected chi connectivity index (χ0v) is 10.1. The molecule has 0 bridgehead atoms. The van der Waals surface area contributed by atoms with Crippen molar-refractivity contribution in [1.82, 2.24) is 4.90 Å². The Kier molecular flexibility index (Phi) is 4.73. The first-order valence-electron chi connectivity index (χ1n) is 5.42. The fourth-order valence-electron chi connectivity index (χ4n) is 1.77. The lowest BCUT2D eigenvalue weighted by atomic mass is 10.2. The Hall–Kier alpha value is -0.420. The van der Waals surface area contributed by atoms with Crippen LogP contribution in [0.15, 0.2) is 0 Å². The zero-order chi connectivity index (χ0) is 11.3. The van der Waals surface area contributed by atoms with Gasteiger partial charge in [0, 0.05) is 13.0 Å². The Bertz CT molecular complexity index is 311. The zero-order valence-electron chi connectivity index (χ0n) is 9.24. The van der Waals surface area contributed by atoms with Crippen molar-refractivity contribution in [2.75, 3.05) is 31.1 Å². The highest BCUT2D eigenvalue weighted by molar-refractivity contribution is 7.91. The molecule has 0 N–H and O–H groups in total. The summed E-state index contributed by atoms with van der Waals surface area (Å²) in [6, 6.07) is 0. The summed E-state index contributed by atoms with van der Waals surface area (Å²) in [5.74, 6) is 0.793. The van der Waals surface area contributed by atoms with E-state index in [1.807, 2.05) is 0 Å². The number of carbonyl (C=O) groups excluding carboxylic acids is 1. The topological polar surface area (TPSA) is 54.5 Å². The van der Waals surface area contributed by atoms with Gasteiger partial charge in [-0.05, 0) is 32.9 Å². The van der Waals surface area contributed by atoms with E-state index in [0.29, 0.717) is 18.7 Å². The summed E-state index contributed by atoms with van der Waals surface area (Å²) in [4.78, 5) is 12.9. The van der Waals surface area contributed by atoms with Crippen LogP contribution < -0.4 is 0 Å². The van der Waals surface area contributed by atoms with Crippen LogP contribution in [0.2, 0.25) is 0 Å².